The highest BCUT2D eigenvalue weighted by atomic mass is 35.5. The standard InChI is InChI=1S/C17H18ClN5O2S2/c1-10(25-13-7-5-4-6-12(13)18)14-21-22-17(23(14)3)27-11(2)15(24)20-16-19-8-9-26-16/h4-11H,1-3H3,(H,19,20,24). The van der Waals surface area contributed by atoms with Crippen LogP contribution in [0.3, 0.4) is 0 Å². The lowest BCUT2D eigenvalue weighted by Gasteiger charge is -2.15. The maximum Gasteiger partial charge on any atom is 0.239 e. The van der Waals surface area contributed by atoms with Crippen LogP contribution in [-0.2, 0) is 11.8 Å². The highest BCUT2D eigenvalue weighted by molar-refractivity contribution is 8.00. The Hall–Kier alpha value is -2.10. The third-order valence-corrected chi connectivity index (χ3v) is 5.82. The Balaban J connectivity index is 1.65. The van der Waals surface area contributed by atoms with Crippen LogP contribution < -0.4 is 10.1 Å². The molecule has 7 nitrogen and oxygen atoms in total. The predicted molar refractivity (Wildman–Crippen MR) is 108 cm³/mol. The summed E-state index contributed by atoms with van der Waals surface area (Å²) in [5.74, 6) is 1.09. The SMILES string of the molecule is CC(Sc1nnc(C(C)Oc2ccccc2Cl)n1C)C(=O)Nc1nccs1. The van der Waals surface area contributed by atoms with E-state index in [4.69, 9.17) is 16.3 Å². The van der Waals surface area contributed by atoms with Crippen molar-refractivity contribution >= 4 is 45.7 Å². The molecular weight excluding hydrogens is 406 g/mol. The molecule has 27 heavy (non-hydrogen) atoms. The molecule has 2 aromatic heterocycles. The van der Waals surface area contributed by atoms with Crippen LogP contribution in [0.5, 0.6) is 5.75 Å². The molecule has 0 fully saturated rings. The quantitative estimate of drug-likeness (QED) is 0.574. The molecule has 3 aromatic rings. The highest BCUT2D eigenvalue weighted by Gasteiger charge is 2.22. The van der Waals surface area contributed by atoms with E-state index in [0.29, 0.717) is 26.9 Å². The molecule has 1 aromatic carbocycles. The zero-order valence-electron chi connectivity index (χ0n) is 14.9. The van der Waals surface area contributed by atoms with E-state index in [1.54, 1.807) is 18.3 Å². The highest BCUT2D eigenvalue weighted by Crippen LogP contribution is 2.30. The summed E-state index contributed by atoms with van der Waals surface area (Å²) in [6, 6.07) is 7.27. The first-order valence-corrected chi connectivity index (χ1v) is 10.3. The van der Waals surface area contributed by atoms with Crippen molar-refractivity contribution in [3.63, 3.8) is 0 Å². The lowest BCUT2D eigenvalue weighted by molar-refractivity contribution is -0.115. The molecule has 0 spiro atoms. The lowest BCUT2D eigenvalue weighted by atomic mass is 10.3. The molecule has 3 rings (SSSR count). The fourth-order valence-corrected chi connectivity index (χ4v) is 3.80. The van der Waals surface area contributed by atoms with Crippen molar-refractivity contribution in [1.82, 2.24) is 19.7 Å². The zero-order valence-corrected chi connectivity index (χ0v) is 17.3. The molecule has 0 bridgehead atoms. The van der Waals surface area contributed by atoms with Gasteiger partial charge in [-0.25, -0.2) is 4.98 Å². The van der Waals surface area contributed by atoms with E-state index < -0.39 is 0 Å². The molecule has 0 aliphatic carbocycles. The molecule has 2 heterocycles. The van der Waals surface area contributed by atoms with Gasteiger partial charge in [-0.3, -0.25) is 4.79 Å². The van der Waals surface area contributed by atoms with Crippen molar-refractivity contribution in [2.75, 3.05) is 5.32 Å². The van der Waals surface area contributed by atoms with Crippen LogP contribution in [0.2, 0.25) is 5.02 Å². The number of aromatic nitrogens is 4. The Bertz CT molecular complexity index is 916. The first-order valence-electron chi connectivity index (χ1n) is 8.13. The van der Waals surface area contributed by atoms with Crippen LogP contribution in [-0.4, -0.2) is 30.9 Å². The van der Waals surface area contributed by atoms with E-state index in [-0.39, 0.29) is 17.3 Å². The molecular formula is C17H18ClN5O2S2. The maximum absolute atomic E-state index is 12.3. The average Bonchev–Trinajstić information content (AvgIpc) is 3.27. The zero-order chi connectivity index (χ0) is 19.4. The summed E-state index contributed by atoms with van der Waals surface area (Å²) in [6.45, 7) is 3.69. The number of para-hydroxylation sites is 1. The van der Waals surface area contributed by atoms with Gasteiger partial charge in [0, 0.05) is 18.6 Å². The van der Waals surface area contributed by atoms with Gasteiger partial charge >= 0.3 is 0 Å². The molecule has 0 radical (unpaired) electrons. The smallest absolute Gasteiger partial charge is 0.239 e. The van der Waals surface area contributed by atoms with Crippen molar-refractivity contribution in [2.24, 2.45) is 7.05 Å². The van der Waals surface area contributed by atoms with Gasteiger partial charge in [-0.15, -0.1) is 21.5 Å². The van der Waals surface area contributed by atoms with Crippen LogP contribution >= 0.6 is 34.7 Å². The normalized spacial score (nSPS) is 13.2. The number of amides is 1. The topological polar surface area (TPSA) is 81.9 Å². The molecule has 142 valence electrons. The lowest BCUT2D eigenvalue weighted by Crippen LogP contribution is -2.22. The van der Waals surface area contributed by atoms with Crippen LogP contribution in [0.4, 0.5) is 5.13 Å². The van der Waals surface area contributed by atoms with E-state index in [2.05, 4.69) is 20.5 Å². The van der Waals surface area contributed by atoms with Gasteiger partial charge < -0.3 is 14.6 Å². The Morgan fingerprint density at radius 3 is 2.81 bits per heavy atom. The number of hydrogen-bond acceptors (Lipinski definition) is 7. The number of nitrogens with one attached hydrogen (secondary N) is 1. The van der Waals surface area contributed by atoms with Crippen molar-refractivity contribution < 1.29 is 9.53 Å². The number of ether oxygens (including phenoxy) is 1. The number of benzene rings is 1. The van der Waals surface area contributed by atoms with Gasteiger partial charge in [0.1, 0.15) is 5.75 Å². The number of carbonyl (C=O) groups excluding carboxylic acids is 1. The van der Waals surface area contributed by atoms with Crippen LogP contribution in [0, 0.1) is 0 Å². The summed E-state index contributed by atoms with van der Waals surface area (Å²) in [4.78, 5) is 16.3. The van der Waals surface area contributed by atoms with Gasteiger partial charge in [0.2, 0.25) is 5.91 Å². The van der Waals surface area contributed by atoms with E-state index in [0.717, 1.165) is 0 Å². The third-order valence-electron chi connectivity index (χ3n) is 3.69. The number of anilines is 1. The molecule has 2 atom stereocenters. The number of nitrogens with zero attached hydrogens (tertiary/aromatic N) is 4. The number of rotatable bonds is 7. The first kappa shape index (κ1) is 19.7. The summed E-state index contributed by atoms with van der Waals surface area (Å²) in [5.41, 5.74) is 0. The molecule has 1 N–H and O–H groups in total. The molecule has 0 aliphatic rings. The Morgan fingerprint density at radius 2 is 2.11 bits per heavy atom. The summed E-state index contributed by atoms with van der Waals surface area (Å²) in [7, 11) is 1.84. The molecule has 10 heteroatoms. The van der Waals surface area contributed by atoms with Crippen LogP contribution in [0.1, 0.15) is 25.8 Å². The minimum Gasteiger partial charge on any atom is -0.481 e. The number of thioether (sulfide) groups is 1. The van der Waals surface area contributed by atoms with Crippen LogP contribution in [0.25, 0.3) is 0 Å². The number of hydrogen-bond donors (Lipinski definition) is 1. The van der Waals surface area contributed by atoms with Crippen molar-refractivity contribution in [3.05, 3.63) is 46.7 Å². The van der Waals surface area contributed by atoms with Crippen LogP contribution in [0.15, 0.2) is 41.0 Å². The minimum atomic E-state index is -0.357. The van der Waals surface area contributed by atoms with E-state index in [1.165, 1.54) is 23.1 Å². The average molecular weight is 424 g/mol. The van der Waals surface area contributed by atoms with E-state index in [9.17, 15) is 4.79 Å². The minimum absolute atomic E-state index is 0.139. The van der Waals surface area contributed by atoms with Crippen molar-refractivity contribution in [1.29, 1.82) is 0 Å². The second-order valence-corrected chi connectivity index (χ2v) is 8.29. The molecule has 1 amide bonds. The van der Waals surface area contributed by atoms with Gasteiger partial charge in [0.05, 0.1) is 10.3 Å². The summed E-state index contributed by atoms with van der Waals surface area (Å²) < 4.78 is 7.72. The number of thiazole rings is 1. The number of halogens is 1. The summed E-state index contributed by atoms with van der Waals surface area (Å²) in [6.07, 6.45) is 1.30. The molecule has 2 unspecified atom stereocenters. The second-order valence-electron chi connectivity index (χ2n) is 5.68. The van der Waals surface area contributed by atoms with Crippen molar-refractivity contribution in [3.8, 4) is 5.75 Å². The Kier molecular flexibility index (Phi) is 6.35. The largest absolute Gasteiger partial charge is 0.481 e. The first-order chi connectivity index (χ1) is 13.0. The fourth-order valence-electron chi connectivity index (χ4n) is 2.27. The third kappa shape index (κ3) is 4.79. The molecule has 0 saturated heterocycles. The fraction of sp³-hybridized carbons (Fsp3) is 0.294. The van der Waals surface area contributed by atoms with Gasteiger partial charge in [-0.2, -0.15) is 0 Å². The van der Waals surface area contributed by atoms with Crippen molar-refractivity contribution in [2.45, 2.75) is 30.4 Å². The molecule has 0 aliphatic heterocycles. The second kappa shape index (κ2) is 8.73. The Morgan fingerprint density at radius 1 is 1.33 bits per heavy atom. The van der Waals surface area contributed by atoms with Gasteiger partial charge in [-0.1, -0.05) is 35.5 Å². The van der Waals surface area contributed by atoms with E-state index in [1.807, 2.05) is 43.0 Å². The Labute approximate surface area is 170 Å². The summed E-state index contributed by atoms with van der Waals surface area (Å²) in [5, 5.41) is 14.4. The monoisotopic (exact) mass is 423 g/mol. The summed E-state index contributed by atoms with van der Waals surface area (Å²) >= 11 is 8.84. The van der Waals surface area contributed by atoms with Gasteiger partial charge in [0.25, 0.3) is 0 Å². The molecule has 0 saturated carbocycles. The predicted octanol–water partition coefficient (Wildman–Crippen LogP) is 4.18. The number of carbonyl (C=O) groups is 1. The maximum atomic E-state index is 12.3. The van der Waals surface area contributed by atoms with Gasteiger partial charge in [0.15, 0.2) is 22.2 Å². The van der Waals surface area contributed by atoms with Gasteiger partial charge in [-0.05, 0) is 26.0 Å². The van der Waals surface area contributed by atoms with E-state index >= 15 is 0 Å².